The van der Waals surface area contributed by atoms with E-state index in [4.69, 9.17) is 4.42 Å². The van der Waals surface area contributed by atoms with E-state index in [0.29, 0.717) is 17.6 Å². The Hall–Kier alpha value is -2.08. The van der Waals surface area contributed by atoms with Crippen molar-refractivity contribution in [3.05, 3.63) is 34.3 Å². The number of hydrogen-bond donors (Lipinski definition) is 2. The van der Waals surface area contributed by atoms with Crippen molar-refractivity contribution < 1.29 is 13.9 Å². The van der Waals surface area contributed by atoms with Gasteiger partial charge >= 0.3 is 11.7 Å². The predicted octanol–water partition coefficient (Wildman–Crippen LogP) is 0.384. The Morgan fingerprint density at radius 1 is 1.53 bits per heavy atom. The third kappa shape index (κ3) is 2.73. The Balaban J connectivity index is 2.04. The molecule has 0 saturated heterocycles. The zero-order chi connectivity index (χ0) is 12.3. The molecule has 0 aliphatic carbocycles. The number of H-pyrrole nitrogens is 1. The molecule has 2 aromatic rings. The Kier molecular flexibility index (Phi) is 3.24. The third-order valence-electron chi connectivity index (χ3n) is 2.31. The minimum atomic E-state index is -0.473. The molecule has 0 saturated carbocycles. The summed E-state index contributed by atoms with van der Waals surface area (Å²) in [6, 6.07) is 5.33. The molecule has 17 heavy (non-hydrogen) atoms. The van der Waals surface area contributed by atoms with Crippen LogP contribution in [0.1, 0.15) is 5.56 Å². The van der Waals surface area contributed by atoms with E-state index in [1.54, 1.807) is 12.1 Å². The first-order valence-electron chi connectivity index (χ1n) is 5.08. The average Bonchev–Trinajstić information content (AvgIpc) is 2.68. The second-order valence-corrected chi connectivity index (χ2v) is 3.52. The second kappa shape index (κ2) is 4.84. The number of carbonyl (C=O) groups is 1. The van der Waals surface area contributed by atoms with Crippen LogP contribution in [0.25, 0.3) is 11.1 Å². The number of benzene rings is 1. The van der Waals surface area contributed by atoms with Crippen LogP contribution in [0.5, 0.6) is 0 Å². The Labute approximate surface area is 96.6 Å². The van der Waals surface area contributed by atoms with Crippen LogP contribution in [-0.4, -0.2) is 24.6 Å². The largest absolute Gasteiger partial charge is 0.468 e. The summed E-state index contributed by atoms with van der Waals surface area (Å²) in [6.45, 7) is 0.661. The van der Waals surface area contributed by atoms with Crippen molar-refractivity contribution in [2.75, 3.05) is 13.7 Å². The van der Waals surface area contributed by atoms with Crippen molar-refractivity contribution >= 4 is 17.1 Å². The van der Waals surface area contributed by atoms with Crippen LogP contribution >= 0.6 is 0 Å². The fourth-order valence-corrected chi connectivity index (χ4v) is 1.49. The second-order valence-electron chi connectivity index (χ2n) is 3.52. The minimum Gasteiger partial charge on any atom is -0.468 e. The van der Waals surface area contributed by atoms with E-state index in [0.717, 1.165) is 5.56 Å². The molecule has 0 atom stereocenters. The predicted molar refractivity (Wildman–Crippen MR) is 60.6 cm³/mol. The maximum absolute atomic E-state index is 10.9. The van der Waals surface area contributed by atoms with Gasteiger partial charge in [-0.05, 0) is 17.7 Å². The molecule has 6 heteroatoms. The van der Waals surface area contributed by atoms with Crippen molar-refractivity contribution in [1.82, 2.24) is 10.3 Å². The zero-order valence-corrected chi connectivity index (χ0v) is 9.28. The summed E-state index contributed by atoms with van der Waals surface area (Å²) in [5, 5.41) is 2.93. The van der Waals surface area contributed by atoms with Gasteiger partial charge in [-0.1, -0.05) is 6.07 Å². The van der Waals surface area contributed by atoms with Crippen molar-refractivity contribution in [3.8, 4) is 0 Å². The lowest BCUT2D eigenvalue weighted by molar-refractivity contribution is -0.139. The maximum atomic E-state index is 10.9. The Bertz CT molecular complexity index is 584. The molecule has 90 valence electrons. The number of esters is 1. The van der Waals surface area contributed by atoms with E-state index in [2.05, 4.69) is 15.0 Å². The molecule has 0 amide bonds. The maximum Gasteiger partial charge on any atom is 0.417 e. The molecule has 2 N–H and O–H groups in total. The van der Waals surface area contributed by atoms with E-state index >= 15 is 0 Å². The molecular formula is C11H12N2O4. The van der Waals surface area contributed by atoms with Gasteiger partial charge in [-0.3, -0.25) is 9.78 Å². The van der Waals surface area contributed by atoms with Crippen LogP contribution in [0.4, 0.5) is 0 Å². The summed E-state index contributed by atoms with van der Waals surface area (Å²) < 4.78 is 9.38. The highest BCUT2D eigenvalue weighted by Gasteiger charge is 2.03. The summed E-state index contributed by atoms with van der Waals surface area (Å²) in [6.07, 6.45) is 0. The van der Waals surface area contributed by atoms with Crippen LogP contribution < -0.4 is 11.1 Å². The van der Waals surface area contributed by atoms with Gasteiger partial charge in [-0.2, -0.15) is 0 Å². The lowest BCUT2D eigenvalue weighted by Gasteiger charge is -2.03. The molecule has 0 unspecified atom stereocenters. The summed E-state index contributed by atoms with van der Waals surface area (Å²) in [4.78, 5) is 24.4. The summed E-state index contributed by atoms with van der Waals surface area (Å²) in [5.41, 5.74) is 2.11. The van der Waals surface area contributed by atoms with Crippen LogP contribution in [0.2, 0.25) is 0 Å². The molecule has 0 fully saturated rings. The normalized spacial score (nSPS) is 10.6. The van der Waals surface area contributed by atoms with Gasteiger partial charge in [0.1, 0.15) is 0 Å². The number of carbonyl (C=O) groups excluding carboxylic acids is 1. The van der Waals surface area contributed by atoms with Crippen LogP contribution in [0, 0.1) is 0 Å². The molecule has 1 aromatic carbocycles. The fourth-order valence-electron chi connectivity index (χ4n) is 1.49. The molecular weight excluding hydrogens is 224 g/mol. The van der Waals surface area contributed by atoms with Crippen molar-refractivity contribution in [2.24, 2.45) is 0 Å². The third-order valence-corrected chi connectivity index (χ3v) is 2.31. The Morgan fingerprint density at radius 2 is 2.35 bits per heavy atom. The molecule has 0 aliphatic rings. The zero-order valence-electron chi connectivity index (χ0n) is 9.28. The van der Waals surface area contributed by atoms with Crippen LogP contribution in [-0.2, 0) is 16.1 Å². The first-order chi connectivity index (χ1) is 8.19. The average molecular weight is 236 g/mol. The molecule has 6 nitrogen and oxygen atoms in total. The molecule has 0 radical (unpaired) electrons. The highest BCUT2D eigenvalue weighted by Crippen LogP contribution is 2.11. The molecule has 2 rings (SSSR count). The first-order valence-corrected chi connectivity index (χ1v) is 5.08. The lowest BCUT2D eigenvalue weighted by atomic mass is 10.2. The van der Waals surface area contributed by atoms with Gasteiger partial charge in [0, 0.05) is 6.54 Å². The standard InChI is InChI=1S/C11H12N2O4/c1-16-10(14)6-12-5-7-2-3-9-8(4-7)13-11(15)17-9/h2-4,12H,5-6H2,1H3,(H,13,15). The summed E-state index contributed by atoms with van der Waals surface area (Å²) >= 11 is 0. The number of methoxy groups -OCH3 is 1. The van der Waals surface area contributed by atoms with Crippen molar-refractivity contribution in [2.45, 2.75) is 6.54 Å². The molecule has 0 spiro atoms. The van der Waals surface area contributed by atoms with Gasteiger partial charge < -0.3 is 14.5 Å². The van der Waals surface area contributed by atoms with Gasteiger partial charge in [-0.25, -0.2) is 4.79 Å². The number of rotatable bonds is 4. The van der Waals surface area contributed by atoms with Crippen molar-refractivity contribution in [3.63, 3.8) is 0 Å². The van der Waals surface area contributed by atoms with Crippen LogP contribution in [0.3, 0.4) is 0 Å². The van der Waals surface area contributed by atoms with Gasteiger partial charge in [-0.15, -0.1) is 0 Å². The minimum absolute atomic E-state index is 0.149. The van der Waals surface area contributed by atoms with Gasteiger partial charge in [0.2, 0.25) is 0 Å². The number of hydrogen-bond acceptors (Lipinski definition) is 5. The number of aromatic amines is 1. The van der Waals surface area contributed by atoms with Gasteiger partial charge in [0.05, 0.1) is 19.2 Å². The number of fused-ring (bicyclic) bond motifs is 1. The topological polar surface area (TPSA) is 84.3 Å². The smallest absolute Gasteiger partial charge is 0.417 e. The number of ether oxygens (including phenoxy) is 1. The quantitative estimate of drug-likeness (QED) is 0.750. The molecule has 1 heterocycles. The lowest BCUT2D eigenvalue weighted by Crippen LogP contribution is -2.23. The van der Waals surface area contributed by atoms with Gasteiger partial charge in [0.15, 0.2) is 5.58 Å². The summed E-state index contributed by atoms with van der Waals surface area (Å²) in [5.74, 6) is -0.789. The van der Waals surface area contributed by atoms with E-state index in [9.17, 15) is 9.59 Å². The van der Waals surface area contributed by atoms with E-state index in [1.807, 2.05) is 6.07 Å². The van der Waals surface area contributed by atoms with Crippen LogP contribution in [0.15, 0.2) is 27.4 Å². The van der Waals surface area contributed by atoms with Crippen molar-refractivity contribution in [1.29, 1.82) is 0 Å². The highest BCUT2D eigenvalue weighted by atomic mass is 16.5. The number of oxazole rings is 1. The van der Waals surface area contributed by atoms with E-state index < -0.39 is 5.76 Å². The SMILES string of the molecule is COC(=O)CNCc1ccc2oc(=O)[nH]c2c1. The number of aromatic nitrogens is 1. The monoisotopic (exact) mass is 236 g/mol. The summed E-state index contributed by atoms with van der Waals surface area (Å²) in [7, 11) is 1.34. The van der Waals surface area contributed by atoms with E-state index in [-0.39, 0.29) is 12.5 Å². The molecule has 1 aromatic heterocycles. The highest BCUT2D eigenvalue weighted by molar-refractivity contribution is 5.73. The molecule has 0 aliphatic heterocycles. The number of nitrogens with one attached hydrogen (secondary N) is 2. The first kappa shape index (κ1) is 11.4. The molecule has 0 bridgehead atoms. The van der Waals surface area contributed by atoms with Gasteiger partial charge in [0.25, 0.3) is 0 Å². The van der Waals surface area contributed by atoms with E-state index in [1.165, 1.54) is 7.11 Å². The fraction of sp³-hybridized carbons (Fsp3) is 0.273. The Morgan fingerprint density at radius 3 is 3.12 bits per heavy atom.